The predicted octanol–water partition coefficient (Wildman–Crippen LogP) is 2.41. The van der Waals surface area contributed by atoms with Crippen molar-refractivity contribution < 1.29 is 27.0 Å². The summed E-state index contributed by atoms with van der Waals surface area (Å²) >= 11 is 0. The van der Waals surface area contributed by atoms with Crippen molar-refractivity contribution in [2.45, 2.75) is 21.3 Å². The minimum Gasteiger partial charge on any atom is -0.503 e. The van der Waals surface area contributed by atoms with Crippen molar-refractivity contribution in [3.05, 3.63) is 94.1 Å². The molecule has 0 heterocycles. The second-order valence-electron chi connectivity index (χ2n) is 6.58. The molecule has 0 atom stereocenters. The monoisotopic (exact) mass is 446 g/mol. The first-order chi connectivity index (χ1) is 14.1. The minimum atomic E-state index is -4.23. The lowest BCUT2D eigenvalue weighted by molar-refractivity contribution is 0.391. The van der Waals surface area contributed by atoms with E-state index in [1.807, 2.05) is 0 Å². The van der Waals surface area contributed by atoms with Gasteiger partial charge in [-0.15, -0.1) is 0 Å². The lowest BCUT2D eigenvalue weighted by atomic mass is 10.2. The zero-order chi connectivity index (χ0) is 21.9. The Kier molecular flexibility index (Phi) is 5.95. The smallest absolute Gasteiger partial charge is 0.242 e. The van der Waals surface area contributed by atoms with Crippen molar-refractivity contribution in [2.24, 2.45) is 0 Å². The third-order valence-corrected chi connectivity index (χ3v) is 7.77. The highest BCUT2D eigenvalue weighted by Crippen LogP contribution is 2.32. The topological polar surface area (TPSA) is 126 Å². The summed E-state index contributed by atoms with van der Waals surface area (Å²) in [5.41, 5.74) is -0.546. The molecule has 7 nitrogen and oxygen atoms in total. The molecule has 0 radical (unpaired) electrons. The normalized spacial score (nSPS) is 11.9. The Balaban J connectivity index is 2.11. The predicted molar refractivity (Wildman–Crippen MR) is 111 cm³/mol. The highest BCUT2D eigenvalue weighted by atomic mass is 32.2. The second-order valence-corrected chi connectivity index (χ2v) is 10.5. The van der Waals surface area contributed by atoms with E-state index in [2.05, 4.69) is 0 Å². The van der Waals surface area contributed by atoms with Crippen LogP contribution in [0, 0.1) is 0 Å². The summed E-state index contributed by atoms with van der Waals surface area (Å²) in [6, 6.07) is 17.8. The molecular weight excluding hydrogens is 428 g/mol. The first-order valence-electron chi connectivity index (χ1n) is 8.74. The maximum absolute atomic E-state index is 12.8. The SMILES string of the molecule is O=c1c(S(=O)(=O)Cc2ccccc2)ccc(S(=O)(=O)Cc2ccccc2)c(O)c1O. The van der Waals surface area contributed by atoms with Crippen molar-refractivity contribution in [2.75, 3.05) is 0 Å². The van der Waals surface area contributed by atoms with Crippen molar-refractivity contribution in [3.63, 3.8) is 0 Å². The van der Waals surface area contributed by atoms with Gasteiger partial charge in [0, 0.05) is 0 Å². The highest BCUT2D eigenvalue weighted by molar-refractivity contribution is 7.91. The Morgan fingerprint density at radius 3 is 1.43 bits per heavy atom. The van der Waals surface area contributed by atoms with Gasteiger partial charge in [0.2, 0.25) is 11.2 Å². The van der Waals surface area contributed by atoms with E-state index in [0.717, 1.165) is 12.1 Å². The van der Waals surface area contributed by atoms with Crippen LogP contribution in [-0.2, 0) is 31.2 Å². The van der Waals surface area contributed by atoms with Crippen LogP contribution in [0.1, 0.15) is 11.1 Å². The summed E-state index contributed by atoms with van der Waals surface area (Å²) in [5, 5.41) is 20.3. The van der Waals surface area contributed by atoms with Crippen LogP contribution < -0.4 is 5.43 Å². The van der Waals surface area contributed by atoms with Gasteiger partial charge in [0.1, 0.15) is 9.79 Å². The molecule has 0 bridgehead atoms. The van der Waals surface area contributed by atoms with Crippen molar-refractivity contribution in [1.82, 2.24) is 0 Å². The Hall–Kier alpha value is -3.17. The average molecular weight is 447 g/mol. The first-order valence-corrected chi connectivity index (χ1v) is 12.0. The van der Waals surface area contributed by atoms with E-state index in [1.54, 1.807) is 60.7 Å². The molecule has 3 aromatic carbocycles. The number of rotatable bonds is 6. The molecule has 0 aromatic heterocycles. The summed E-state index contributed by atoms with van der Waals surface area (Å²) in [5.74, 6) is -3.56. The number of benzene rings is 2. The average Bonchev–Trinajstić information content (AvgIpc) is 2.81. The van der Waals surface area contributed by atoms with Gasteiger partial charge in [-0.1, -0.05) is 60.7 Å². The third-order valence-electron chi connectivity index (χ3n) is 4.35. The van der Waals surface area contributed by atoms with E-state index in [9.17, 15) is 31.8 Å². The van der Waals surface area contributed by atoms with Crippen molar-refractivity contribution >= 4 is 19.7 Å². The van der Waals surface area contributed by atoms with Gasteiger partial charge >= 0.3 is 0 Å². The lowest BCUT2D eigenvalue weighted by Crippen LogP contribution is -2.14. The number of hydrogen-bond donors (Lipinski definition) is 2. The largest absolute Gasteiger partial charge is 0.503 e. The molecule has 3 aromatic rings. The second kappa shape index (κ2) is 8.29. The molecule has 156 valence electrons. The Labute approximate surface area is 173 Å². The van der Waals surface area contributed by atoms with Gasteiger partial charge in [0.15, 0.2) is 25.4 Å². The molecule has 0 fully saturated rings. The van der Waals surface area contributed by atoms with E-state index in [0.29, 0.717) is 11.1 Å². The van der Waals surface area contributed by atoms with Crippen molar-refractivity contribution in [3.8, 4) is 11.5 Å². The lowest BCUT2D eigenvalue weighted by Gasteiger charge is -2.05. The molecule has 0 unspecified atom stereocenters. The number of sulfone groups is 2. The van der Waals surface area contributed by atoms with E-state index in [-0.39, 0.29) is 0 Å². The van der Waals surface area contributed by atoms with Crippen molar-refractivity contribution in [1.29, 1.82) is 0 Å². The van der Waals surface area contributed by atoms with Crippen LogP contribution in [0.15, 0.2) is 87.4 Å². The van der Waals surface area contributed by atoms with E-state index < -0.39 is 57.9 Å². The molecular formula is C21H18O7S2. The zero-order valence-electron chi connectivity index (χ0n) is 15.6. The fourth-order valence-electron chi connectivity index (χ4n) is 2.89. The molecule has 3 rings (SSSR count). The fraction of sp³-hybridized carbons (Fsp3) is 0.0952. The van der Waals surface area contributed by atoms with Crippen LogP contribution in [0.5, 0.6) is 11.5 Å². The molecule has 2 N–H and O–H groups in total. The molecule has 0 amide bonds. The standard InChI is InChI=1S/C21H18O7S2/c22-19-17(29(25,26)13-15-7-3-1-4-8-15)11-12-18(20(23)21(19)24)30(27,28)14-16-9-5-2-6-10-16/h1-12H,13-14H2,(H2,22,23,24). The molecule has 0 aliphatic heterocycles. The van der Waals surface area contributed by atoms with Crippen LogP contribution in [0.3, 0.4) is 0 Å². The number of aromatic hydroxyl groups is 2. The Morgan fingerprint density at radius 1 is 0.567 bits per heavy atom. The van der Waals surface area contributed by atoms with E-state index in [1.165, 1.54) is 0 Å². The van der Waals surface area contributed by atoms with E-state index >= 15 is 0 Å². The minimum absolute atomic E-state index is 0.407. The van der Waals surface area contributed by atoms with Crippen LogP contribution in [0.4, 0.5) is 0 Å². The van der Waals surface area contributed by atoms with Crippen LogP contribution >= 0.6 is 0 Å². The fourth-order valence-corrected chi connectivity index (χ4v) is 5.78. The molecule has 9 heteroatoms. The maximum Gasteiger partial charge on any atom is 0.242 e. The van der Waals surface area contributed by atoms with Gasteiger partial charge in [-0.05, 0) is 23.3 Å². The molecule has 30 heavy (non-hydrogen) atoms. The van der Waals surface area contributed by atoms with Gasteiger partial charge < -0.3 is 10.2 Å². The molecule has 0 saturated heterocycles. The quantitative estimate of drug-likeness (QED) is 0.595. The summed E-state index contributed by atoms with van der Waals surface area (Å²) < 4.78 is 51.0. The Morgan fingerprint density at radius 2 is 0.967 bits per heavy atom. The number of hydrogen-bond acceptors (Lipinski definition) is 7. The Bertz CT molecular complexity index is 1330. The first kappa shape index (κ1) is 21.5. The molecule has 0 spiro atoms. The highest BCUT2D eigenvalue weighted by Gasteiger charge is 2.27. The summed E-state index contributed by atoms with van der Waals surface area (Å²) in [6.07, 6.45) is 0. The molecule has 0 aliphatic carbocycles. The maximum atomic E-state index is 12.8. The van der Waals surface area contributed by atoms with Crippen LogP contribution in [-0.4, -0.2) is 27.0 Å². The zero-order valence-corrected chi connectivity index (χ0v) is 17.2. The summed E-state index contributed by atoms with van der Waals surface area (Å²) in [6.45, 7) is 0. The third kappa shape index (κ3) is 4.52. The van der Waals surface area contributed by atoms with Gasteiger partial charge in [-0.25, -0.2) is 16.8 Å². The summed E-state index contributed by atoms with van der Waals surface area (Å²) in [7, 11) is -8.42. The van der Waals surface area contributed by atoms with Gasteiger partial charge in [0.25, 0.3) is 0 Å². The van der Waals surface area contributed by atoms with Gasteiger partial charge in [-0.2, -0.15) is 0 Å². The molecule has 0 saturated carbocycles. The van der Waals surface area contributed by atoms with Crippen LogP contribution in [0.25, 0.3) is 0 Å². The summed E-state index contributed by atoms with van der Waals surface area (Å²) in [4.78, 5) is 10.9. The van der Waals surface area contributed by atoms with Crippen LogP contribution in [0.2, 0.25) is 0 Å². The molecule has 0 aliphatic rings. The van der Waals surface area contributed by atoms with Gasteiger partial charge in [0.05, 0.1) is 11.5 Å². The van der Waals surface area contributed by atoms with Gasteiger partial charge in [-0.3, -0.25) is 4.79 Å². The van der Waals surface area contributed by atoms with E-state index in [4.69, 9.17) is 0 Å².